The van der Waals surface area contributed by atoms with Crippen LogP contribution in [0.1, 0.15) is 0 Å². The van der Waals surface area contributed by atoms with Crippen LogP contribution in [0.15, 0.2) is 0 Å². The smallest absolute Gasteiger partial charge is 0.268 e. The number of hydrogen-bond acceptors (Lipinski definition) is 13. The van der Waals surface area contributed by atoms with Crippen molar-refractivity contribution in [2.45, 2.75) is 0 Å². The maximum atomic E-state index is 6.56. The van der Waals surface area contributed by atoms with Crippen molar-refractivity contribution in [1.82, 2.24) is 0 Å². The zero-order valence-electron chi connectivity index (χ0n) is 19.7. The standard InChI is InChI=1S/H30O13P28/c14-24-1-34(2-25-15)37(7-30-20)11-40(10-33-23)41(12-38(8-31-21)35(3-26-16)4-27-17)13-39(9-32-22)36(5-28-18)6-29-19/h24-33H,14-23H2. The van der Waals surface area contributed by atoms with Gasteiger partial charge in [0.05, 0.1) is 0 Å². The van der Waals surface area contributed by atoms with Crippen molar-refractivity contribution in [2.24, 2.45) is 0 Å². The van der Waals surface area contributed by atoms with E-state index in [1.54, 1.807) is 0 Å². The van der Waals surface area contributed by atoms with Crippen LogP contribution >= 0.6 is 239 Å². The maximum Gasteiger partial charge on any atom is 0.268 e. The largest absolute Gasteiger partial charge is 0.303 e. The first kappa shape index (κ1) is 52.5. The molecule has 248 valence electrons. The lowest BCUT2D eigenvalue weighted by Crippen LogP contribution is -1.90. The highest BCUT2D eigenvalue weighted by atomic mass is 32.2. The molecule has 41 heteroatoms. The van der Waals surface area contributed by atoms with E-state index in [-0.39, 0.29) is 85.0 Å². The summed E-state index contributed by atoms with van der Waals surface area (Å²) < 4.78 is 78.9. The fourth-order valence-corrected chi connectivity index (χ4v) is 49.2. The SMILES string of the molecule is PPOP(OPP)P(OPP)OP(OPP)P(OP(OPP)P(OPP)OPP)OP(OPP)P(OPP)OPP. The van der Waals surface area contributed by atoms with Gasteiger partial charge in [-0.2, -0.15) is 0 Å². The van der Waals surface area contributed by atoms with E-state index in [2.05, 4.69) is 89.3 Å². The van der Waals surface area contributed by atoms with Gasteiger partial charge in [-0.3, -0.25) is 12.9 Å². The Morgan fingerprint density at radius 1 is 0.220 bits per heavy atom. The predicted octanol–water partition coefficient (Wildman–Crippen LogP) is 15.2. The molecule has 0 saturated carbocycles. The van der Waals surface area contributed by atoms with Crippen molar-refractivity contribution in [2.75, 3.05) is 0 Å². The highest BCUT2D eigenvalue weighted by Crippen LogP contribution is 2.95. The van der Waals surface area contributed by atoms with Crippen molar-refractivity contribution in [1.29, 1.82) is 0 Å². The van der Waals surface area contributed by atoms with E-state index in [1.165, 1.54) is 0 Å². The Morgan fingerprint density at radius 3 is 0.561 bits per heavy atom. The fraction of sp³-hybridized carbons (Fsp3) is 0. The van der Waals surface area contributed by atoms with Gasteiger partial charge in [-0.25, -0.2) is 0 Å². The lowest BCUT2D eigenvalue weighted by Gasteiger charge is -2.33. The molecule has 0 aromatic heterocycles. The molecule has 0 saturated heterocycles. The van der Waals surface area contributed by atoms with Gasteiger partial charge in [0.15, 0.2) is 0 Å². The third kappa shape index (κ3) is 26.1. The Bertz CT molecular complexity index is 513. The highest BCUT2D eigenvalue weighted by molar-refractivity contribution is 8.37. The average molecular weight is 1110 g/mol. The van der Waals surface area contributed by atoms with Crippen molar-refractivity contribution in [3.63, 3.8) is 0 Å². The molecular weight excluding hydrogens is 1080 g/mol. The maximum absolute atomic E-state index is 6.56. The molecule has 0 radical (unpaired) electrons. The molecule has 0 N–H and O–H groups in total. The van der Waals surface area contributed by atoms with Crippen LogP contribution in [0.25, 0.3) is 0 Å². The molecule has 0 spiro atoms. The minimum atomic E-state index is -1.99. The van der Waals surface area contributed by atoms with Crippen LogP contribution in [0.4, 0.5) is 0 Å². The first-order valence-corrected chi connectivity index (χ1v) is 48.1. The summed E-state index contributed by atoms with van der Waals surface area (Å²) in [6, 6.07) is 0. The summed E-state index contributed by atoms with van der Waals surface area (Å²) >= 11 is 0. The minimum Gasteiger partial charge on any atom is -0.303 e. The second kappa shape index (κ2) is 38.4. The van der Waals surface area contributed by atoms with E-state index >= 15 is 0 Å². The Hall–Kier alpha value is 11.5. The Balaban J connectivity index is 6.57. The molecule has 0 aromatic rings. The van der Waals surface area contributed by atoms with E-state index < -0.39 is 64.5 Å². The minimum absolute atomic E-state index is 0.0259. The van der Waals surface area contributed by atoms with Crippen LogP contribution in [0.2, 0.25) is 0 Å². The molecule has 0 rings (SSSR count). The summed E-state index contributed by atoms with van der Waals surface area (Å²) in [6.07, 6.45) is 0. The first-order valence-electron chi connectivity index (χ1n) is 8.65. The number of hydrogen-bond donors (Lipinski definition) is 0. The van der Waals surface area contributed by atoms with Gasteiger partial charge in [0.25, 0.3) is 64.5 Å². The summed E-state index contributed by atoms with van der Waals surface area (Å²) in [6.45, 7) is 0. The molecule has 0 aliphatic rings. The summed E-state index contributed by atoms with van der Waals surface area (Å²) in [7, 11) is 12.4. The van der Waals surface area contributed by atoms with Gasteiger partial charge in [-0.05, 0) is 0 Å². The lowest BCUT2D eigenvalue weighted by molar-refractivity contribution is 0.471. The first-order chi connectivity index (χ1) is 19.9. The van der Waals surface area contributed by atoms with Gasteiger partial charge in [-0.15, -0.1) is 0 Å². The molecule has 0 aliphatic carbocycles. The average Bonchev–Trinajstić information content (AvgIpc) is 2.95. The third-order valence-electron chi connectivity index (χ3n) is 2.26. The van der Waals surface area contributed by atoms with E-state index in [1.807, 2.05) is 0 Å². The quantitative estimate of drug-likeness (QED) is 0.0635. The Labute approximate surface area is 292 Å². The molecule has 0 aliphatic heterocycles. The molecule has 0 amide bonds. The molecule has 0 bridgehead atoms. The molecule has 13 nitrogen and oxygen atoms in total. The summed E-state index contributed by atoms with van der Waals surface area (Å²) in [5, 5.41) is 0. The lowest BCUT2D eigenvalue weighted by atomic mass is 15.8. The molecule has 24 atom stereocenters. The van der Waals surface area contributed by atoms with Crippen molar-refractivity contribution < 1.29 is 56.0 Å². The van der Waals surface area contributed by atoms with Crippen LogP contribution in [0.5, 0.6) is 0 Å². The van der Waals surface area contributed by atoms with Crippen molar-refractivity contribution in [3.05, 3.63) is 0 Å². The van der Waals surface area contributed by atoms with Crippen molar-refractivity contribution in [3.8, 4) is 0 Å². The van der Waals surface area contributed by atoms with Crippen LogP contribution < -0.4 is 0 Å². The van der Waals surface area contributed by atoms with E-state index in [0.29, 0.717) is 0 Å². The highest BCUT2D eigenvalue weighted by Gasteiger charge is 2.45. The zero-order valence-corrected chi connectivity index (χ0v) is 48.4. The van der Waals surface area contributed by atoms with Gasteiger partial charge in [-0.1, -0.05) is 89.3 Å². The van der Waals surface area contributed by atoms with Gasteiger partial charge < -0.3 is 43.1 Å². The number of rotatable bonds is 30. The predicted molar refractivity (Wildman–Crippen MR) is 250 cm³/mol. The van der Waals surface area contributed by atoms with Crippen LogP contribution in [-0.4, -0.2) is 0 Å². The molecule has 0 fully saturated rings. The zero-order chi connectivity index (χ0) is 30.9. The third-order valence-corrected chi connectivity index (χ3v) is 41.1. The summed E-state index contributed by atoms with van der Waals surface area (Å²) in [5.74, 6) is 0. The molecular formula is H30O13P28. The van der Waals surface area contributed by atoms with E-state index in [9.17, 15) is 0 Å². The topological polar surface area (TPSA) is 120 Å². The van der Waals surface area contributed by atoms with Gasteiger partial charge in [0, 0.05) is 85.0 Å². The molecule has 0 aromatic carbocycles. The van der Waals surface area contributed by atoms with Gasteiger partial charge >= 0.3 is 0 Å². The van der Waals surface area contributed by atoms with Crippen LogP contribution in [0.3, 0.4) is 0 Å². The summed E-state index contributed by atoms with van der Waals surface area (Å²) in [4.78, 5) is 0. The molecule has 41 heavy (non-hydrogen) atoms. The summed E-state index contributed by atoms with van der Waals surface area (Å²) in [5.41, 5.74) is 0. The van der Waals surface area contributed by atoms with Crippen molar-refractivity contribution >= 4 is 239 Å². The second-order valence-corrected chi connectivity index (χ2v) is 34.6. The van der Waals surface area contributed by atoms with Gasteiger partial charge in [0.2, 0.25) is 0 Å². The normalized spacial score (nSPS) is 20.9. The Kier molecular flexibility index (Phi) is 49.2. The van der Waals surface area contributed by atoms with Gasteiger partial charge in [0.1, 0.15) is 0 Å². The Morgan fingerprint density at radius 2 is 0.366 bits per heavy atom. The van der Waals surface area contributed by atoms with Crippen LogP contribution in [-0.2, 0) is 56.0 Å². The molecule has 24 unspecified atom stereocenters. The fourth-order valence-electron chi connectivity index (χ4n) is 1.28. The van der Waals surface area contributed by atoms with Crippen LogP contribution in [0, 0.1) is 0 Å². The molecule has 0 heterocycles. The second-order valence-electron chi connectivity index (χ2n) is 4.24. The monoisotopic (exact) mass is 1110 g/mol. The van der Waals surface area contributed by atoms with E-state index in [0.717, 1.165) is 0 Å². The van der Waals surface area contributed by atoms with E-state index in [4.69, 9.17) is 56.0 Å².